The van der Waals surface area contributed by atoms with Crippen LogP contribution in [0.5, 0.6) is 5.75 Å². The predicted octanol–water partition coefficient (Wildman–Crippen LogP) is 4.96. The number of alkyl carbamates (subject to hydrolysis) is 1. The number of carbonyl (C=O) groups excluding carboxylic acids is 3. The van der Waals surface area contributed by atoms with Crippen LogP contribution in [0, 0.1) is 6.92 Å². The summed E-state index contributed by atoms with van der Waals surface area (Å²) in [5.41, 5.74) is 0.880. The average Bonchev–Trinajstić information content (AvgIpc) is 2.75. The molecule has 0 bridgehead atoms. The van der Waals surface area contributed by atoms with E-state index in [1.165, 1.54) is 30.0 Å². The number of phenols is 1. The molecule has 0 fully saturated rings. The molecule has 9 heteroatoms. The molecule has 2 atom stereocenters. The number of rotatable bonds is 8. The fraction of sp³-hybridized carbons (Fsp3) is 0.346. The number of anilines is 1. The Morgan fingerprint density at radius 1 is 1.17 bits per heavy atom. The number of amides is 3. The highest BCUT2D eigenvalue weighted by Crippen LogP contribution is 2.30. The standard InChI is InChI=1S/C26H32ClN3O5/c1-7-15-30(24(33)17(3)28-25(34)35-26(4,5)6)22(18-11-13-19(31)14-12-18)23(32)29-21-16(2)9-8-10-20(21)27/h7-14,17,22,31H,1,15H2,2-6H3,(H,28,34)(H,29,32). The summed E-state index contributed by atoms with van der Waals surface area (Å²) in [6.07, 6.45) is 0.730. The number of ether oxygens (including phenoxy) is 1. The molecular formula is C26H32ClN3O5. The number of aryl methyl sites for hydroxylation is 1. The van der Waals surface area contributed by atoms with E-state index in [4.69, 9.17) is 16.3 Å². The van der Waals surface area contributed by atoms with E-state index in [0.717, 1.165) is 5.56 Å². The Labute approximate surface area is 210 Å². The van der Waals surface area contributed by atoms with Crippen molar-refractivity contribution in [3.05, 3.63) is 71.3 Å². The van der Waals surface area contributed by atoms with Crippen molar-refractivity contribution in [1.82, 2.24) is 10.2 Å². The average molecular weight is 502 g/mol. The van der Waals surface area contributed by atoms with Crippen LogP contribution in [0.25, 0.3) is 0 Å². The number of nitrogens with zero attached hydrogens (tertiary/aromatic N) is 1. The monoisotopic (exact) mass is 501 g/mol. The second-order valence-electron chi connectivity index (χ2n) is 9.06. The van der Waals surface area contributed by atoms with Crippen molar-refractivity contribution in [2.75, 3.05) is 11.9 Å². The van der Waals surface area contributed by atoms with Gasteiger partial charge in [0.2, 0.25) is 5.91 Å². The zero-order chi connectivity index (χ0) is 26.3. The van der Waals surface area contributed by atoms with Gasteiger partial charge in [0, 0.05) is 6.54 Å². The summed E-state index contributed by atoms with van der Waals surface area (Å²) in [5.74, 6) is -1.04. The molecule has 2 aromatic carbocycles. The lowest BCUT2D eigenvalue weighted by molar-refractivity contribution is -0.139. The van der Waals surface area contributed by atoms with Crippen LogP contribution in [0.15, 0.2) is 55.1 Å². The van der Waals surface area contributed by atoms with Crippen LogP contribution in [0.2, 0.25) is 5.02 Å². The maximum atomic E-state index is 13.6. The van der Waals surface area contributed by atoms with Crippen molar-refractivity contribution in [2.24, 2.45) is 0 Å². The fourth-order valence-corrected chi connectivity index (χ4v) is 3.64. The van der Waals surface area contributed by atoms with Crippen molar-refractivity contribution in [3.63, 3.8) is 0 Å². The molecule has 0 heterocycles. The Balaban J connectivity index is 2.43. The largest absolute Gasteiger partial charge is 0.508 e. The number of aromatic hydroxyl groups is 1. The molecule has 0 radical (unpaired) electrons. The molecular weight excluding hydrogens is 470 g/mol. The van der Waals surface area contributed by atoms with Crippen molar-refractivity contribution in [3.8, 4) is 5.75 Å². The van der Waals surface area contributed by atoms with Crippen LogP contribution < -0.4 is 10.6 Å². The van der Waals surface area contributed by atoms with Crippen LogP contribution in [0.1, 0.15) is 44.9 Å². The Morgan fingerprint density at radius 2 is 1.80 bits per heavy atom. The second kappa shape index (κ2) is 11.8. The van der Waals surface area contributed by atoms with Gasteiger partial charge in [-0.2, -0.15) is 0 Å². The van der Waals surface area contributed by atoms with E-state index >= 15 is 0 Å². The summed E-state index contributed by atoms with van der Waals surface area (Å²) < 4.78 is 5.25. The van der Waals surface area contributed by atoms with E-state index in [1.807, 2.05) is 0 Å². The van der Waals surface area contributed by atoms with Gasteiger partial charge < -0.3 is 25.4 Å². The molecule has 0 spiro atoms. The Bertz CT molecular complexity index is 1060. The minimum absolute atomic E-state index is 0.0106. The Kier molecular flexibility index (Phi) is 9.31. The highest BCUT2D eigenvalue weighted by Gasteiger charge is 2.34. The lowest BCUT2D eigenvalue weighted by Crippen LogP contribution is -2.51. The van der Waals surface area contributed by atoms with Crippen LogP contribution in [0.3, 0.4) is 0 Å². The van der Waals surface area contributed by atoms with Gasteiger partial charge in [-0.15, -0.1) is 6.58 Å². The summed E-state index contributed by atoms with van der Waals surface area (Å²) in [6.45, 7) is 12.2. The minimum Gasteiger partial charge on any atom is -0.508 e. The van der Waals surface area contributed by atoms with Gasteiger partial charge in [0.15, 0.2) is 0 Å². The number of halogens is 1. The van der Waals surface area contributed by atoms with E-state index in [-0.39, 0.29) is 12.3 Å². The zero-order valence-electron chi connectivity index (χ0n) is 20.6. The molecule has 188 valence electrons. The fourth-order valence-electron chi connectivity index (χ4n) is 3.37. The van der Waals surface area contributed by atoms with Gasteiger partial charge in [0.25, 0.3) is 5.91 Å². The molecule has 8 nitrogen and oxygen atoms in total. The van der Waals surface area contributed by atoms with E-state index in [1.54, 1.807) is 58.0 Å². The van der Waals surface area contributed by atoms with Crippen LogP contribution >= 0.6 is 11.6 Å². The van der Waals surface area contributed by atoms with Gasteiger partial charge in [-0.3, -0.25) is 9.59 Å². The first kappa shape index (κ1) is 27.7. The predicted molar refractivity (Wildman–Crippen MR) is 136 cm³/mol. The number of hydrogen-bond donors (Lipinski definition) is 3. The molecule has 2 rings (SSSR count). The smallest absolute Gasteiger partial charge is 0.408 e. The van der Waals surface area contributed by atoms with Crippen LogP contribution in [0.4, 0.5) is 10.5 Å². The lowest BCUT2D eigenvalue weighted by Gasteiger charge is -2.33. The van der Waals surface area contributed by atoms with E-state index in [9.17, 15) is 19.5 Å². The summed E-state index contributed by atoms with van der Waals surface area (Å²) in [6, 6.07) is 9.06. The molecule has 3 amide bonds. The molecule has 0 aliphatic rings. The SMILES string of the molecule is C=CCN(C(=O)C(C)NC(=O)OC(C)(C)C)C(C(=O)Nc1c(C)cccc1Cl)c1ccc(O)cc1. The number of nitrogens with one attached hydrogen (secondary N) is 2. The summed E-state index contributed by atoms with van der Waals surface area (Å²) in [5, 5.41) is 15.4. The summed E-state index contributed by atoms with van der Waals surface area (Å²) in [7, 11) is 0. The molecule has 0 aromatic heterocycles. The van der Waals surface area contributed by atoms with Gasteiger partial charge >= 0.3 is 6.09 Å². The minimum atomic E-state index is -1.11. The van der Waals surface area contributed by atoms with Crippen molar-refractivity contribution in [2.45, 2.75) is 52.3 Å². The Hall–Kier alpha value is -3.52. The first-order valence-electron chi connectivity index (χ1n) is 11.1. The quantitative estimate of drug-likeness (QED) is 0.443. The first-order valence-corrected chi connectivity index (χ1v) is 11.5. The lowest BCUT2D eigenvalue weighted by atomic mass is 10.0. The number of hydrogen-bond acceptors (Lipinski definition) is 5. The molecule has 3 N–H and O–H groups in total. The van der Waals surface area contributed by atoms with Gasteiger partial charge in [-0.25, -0.2) is 4.79 Å². The summed E-state index contributed by atoms with van der Waals surface area (Å²) in [4.78, 5) is 40.6. The number of phenolic OH excluding ortho intramolecular Hbond substituents is 1. The van der Waals surface area contributed by atoms with Gasteiger partial charge in [0.05, 0.1) is 10.7 Å². The van der Waals surface area contributed by atoms with Gasteiger partial charge in [-0.05, 0) is 63.9 Å². The van der Waals surface area contributed by atoms with Crippen molar-refractivity contribution < 1.29 is 24.2 Å². The normalized spacial score (nSPS) is 12.7. The molecule has 0 saturated carbocycles. The van der Waals surface area contributed by atoms with Crippen molar-refractivity contribution >= 4 is 35.2 Å². The highest BCUT2D eigenvalue weighted by molar-refractivity contribution is 6.34. The molecule has 0 aliphatic carbocycles. The topological polar surface area (TPSA) is 108 Å². The third-order valence-electron chi connectivity index (χ3n) is 4.95. The second-order valence-corrected chi connectivity index (χ2v) is 9.47. The number of benzene rings is 2. The van der Waals surface area contributed by atoms with Crippen molar-refractivity contribution in [1.29, 1.82) is 0 Å². The molecule has 0 aliphatic heterocycles. The van der Waals surface area contributed by atoms with E-state index < -0.39 is 35.6 Å². The third-order valence-corrected chi connectivity index (χ3v) is 5.27. The number of para-hydroxylation sites is 1. The van der Waals surface area contributed by atoms with Crippen LogP contribution in [-0.2, 0) is 14.3 Å². The molecule has 2 aromatic rings. The third kappa shape index (κ3) is 7.75. The first-order chi connectivity index (χ1) is 16.3. The maximum absolute atomic E-state index is 13.6. The summed E-state index contributed by atoms with van der Waals surface area (Å²) >= 11 is 6.30. The maximum Gasteiger partial charge on any atom is 0.408 e. The van der Waals surface area contributed by atoms with E-state index in [0.29, 0.717) is 16.3 Å². The van der Waals surface area contributed by atoms with E-state index in [2.05, 4.69) is 17.2 Å². The molecule has 0 saturated heterocycles. The molecule has 2 unspecified atom stereocenters. The van der Waals surface area contributed by atoms with Crippen LogP contribution in [-0.4, -0.2) is 46.1 Å². The zero-order valence-corrected chi connectivity index (χ0v) is 21.3. The van der Waals surface area contributed by atoms with Gasteiger partial charge in [0.1, 0.15) is 23.4 Å². The molecule has 35 heavy (non-hydrogen) atoms. The number of carbonyl (C=O) groups is 3. The highest BCUT2D eigenvalue weighted by atomic mass is 35.5. The Morgan fingerprint density at radius 3 is 2.34 bits per heavy atom. The van der Waals surface area contributed by atoms with Gasteiger partial charge in [-0.1, -0.05) is 41.9 Å².